The zero-order valence-electron chi connectivity index (χ0n) is 19.5. The Bertz CT molecular complexity index is 1370. The summed E-state index contributed by atoms with van der Waals surface area (Å²) in [6, 6.07) is 20.2. The molecule has 0 spiro atoms. The minimum Gasteiger partial charge on any atom is -0.493 e. The number of halogens is 1. The van der Waals surface area contributed by atoms with E-state index in [0.29, 0.717) is 41.2 Å². The van der Waals surface area contributed by atoms with Crippen molar-refractivity contribution in [2.45, 2.75) is 13.0 Å². The fourth-order valence-corrected chi connectivity index (χ4v) is 3.80. The number of fused-ring (bicyclic) bond motifs is 1. The summed E-state index contributed by atoms with van der Waals surface area (Å²) < 4.78 is 24.0. The normalized spacial score (nSPS) is 10.7. The van der Waals surface area contributed by atoms with Gasteiger partial charge in [0, 0.05) is 29.2 Å². The number of nitrogens with one attached hydrogen (secondary N) is 2. The molecule has 1 heterocycles. The van der Waals surface area contributed by atoms with Gasteiger partial charge >= 0.3 is 6.03 Å². The Morgan fingerprint density at radius 1 is 0.971 bits per heavy atom. The van der Waals surface area contributed by atoms with Crippen LogP contribution in [0.15, 0.2) is 77.6 Å². The molecule has 0 fully saturated rings. The quantitative estimate of drug-likeness (QED) is 0.377. The van der Waals surface area contributed by atoms with Crippen molar-refractivity contribution in [2.24, 2.45) is 0 Å². The van der Waals surface area contributed by atoms with Crippen LogP contribution in [-0.4, -0.2) is 36.7 Å². The van der Waals surface area contributed by atoms with Crippen LogP contribution in [0.5, 0.6) is 11.5 Å². The zero-order chi connectivity index (χ0) is 24.8. The van der Waals surface area contributed by atoms with E-state index in [1.807, 2.05) is 30.3 Å². The average molecular weight is 476 g/mol. The van der Waals surface area contributed by atoms with Crippen molar-refractivity contribution >= 4 is 22.6 Å². The van der Waals surface area contributed by atoms with E-state index in [4.69, 9.17) is 9.47 Å². The maximum atomic E-state index is 13.3. The molecule has 8 heteroatoms. The van der Waals surface area contributed by atoms with Crippen LogP contribution in [-0.2, 0) is 13.0 Å². The predicted octanol–water partition coefficient (Wildman–Crippen LogP) is 4.96. The van der Waals surface area contributed by atoms with Gasteiger partial charge in [-0.05, 0) is 48.4 Å². The number of hydrogen-bond donors (Lipinski definition) is 2. The Morgan fingerprint density at radius 2 is 1.66 bits per heavy atom. The molecule has 4 rings (SSSR count). The first-order chi connectivity index (χ1) is 17.0. The molecule has 180 valence electrons. The Morgan fingerprint density at radius 3 is 2.34 bits per heavy atom. The molecule has 1 aromatic heterocycles. The average Bonchev–Trinajstić information content (AvgIpc) is 2.87. The van der Waals surface area contributed by atoms with Gasteiger partial charge in [0.15, 0.2) is 11.5 Å². The molecule has 0 aliphatic heterocycles. The largest absolute Gasteiger partial charge is 0.493 e. The number of methoxy groups -OCH3 is 2. The van der Waals surface area contributed by atoms with Crippen LogP contribution in [0.2, 0.25) is 0 Å². The SMILES string of the molecule is COc1cc2cc(CN(CCc3ccccc3)C(=O)Nc3ccc(F)cc3)c(=O)[nH]c2cc1OC. The summed E-state index contributed by atoms with van der Waals surface area (Å²) >= 11 is 0. The number of urea groups is 1. The first-order valence-electron chi connectivity index (χ1n) is 11.1. The van der Waals surface area contributed by atoms with Crippen LogP contribution in [0, 0.1) is 5.82 Å². The van der Waals surface area contributed by atoms with Gasteiger partial charge in [-0.3, -0.25) is 4.79 Å². The van der Waals surface area contributed by atoms with Crippen molar-refractivity contribution in [2.75, 3.05) is 26.1 Å². The van der Waals surface area contributed by atoms with E-state index in [1.165, 1.54) is 31.4 Å². The van der Waals surface area contributed by atoms with Gasteiger partial charge in [-0.2, -0.15) is 0 Å². The van der Waals surface area contributed by atoms with Gasteiger partial charge in [0.25, 0.3) is 5.56 Å². The summed E-state index contributed by atoms with van der Waals surface area (Å²) in [7, 11) is 3.07. The Hall–Kier alpha value is -4.33. The Kier molecular flexibility index (Phi) is 7.30. The van der Waals surface area contributed by atoms with Gasteiger partial charge in [-0.25, -0.2) is 9.18 Å². The summed E-state index contributed by atoms with van der Waals surface area (Å²) in [6.07, 6.45) is 0.605. The van der Waals surface area contributed by atoms with E-state index in [9.17, 15) is 14.0 Å². The van der Waals surface area contributed by atoms with Crippen molar-refractivity contribution in [3.05, 3.63) is 100 Å². The van der Waals surface area contributed by atoms with Crippen molar-refractivity contribution in [3.63, 3.8) is 0 Å². The molecular weight excluding hydrogens is 449 g/mol. The third-order valence-electron chi connectivity index (χ3n) is 5.68. The van der Waals surface area contributed by atoms with Crippen LogP contribution in [0.25, 0.3) is 10.9 Å². The number of carbonyl (C=O) groups is 1. The number of aromatic nitrogens is 1. The first-order valence-corrected chi connectivity index (χ1v) is 11.1. The summed E-state index contributed by atoms with van der Waals surface area (Å²) in [5.41, 5.74) is 2.25. The number of rotatable bonds is 8. The van der Waals surface area contributed by atoms with Gasteiger partial charge in [0.2, 0.25) is 0 Å². The molecule has 4 aromatic rings. The van der Waals surface area contributed by atoms with Crippen molar-refractivity contribution in [1.29, 1.82) is 0 Å². The molecule has 35 heavy (non-hydrogen) atoms. The maximum absolute atomic E-state index is 13.3. The smallest absolute Gasteiger partial charge is 0.322 e. The van der Waals surface area contributed by atoms with Gasteiger partial charge in [0.1, 0.15) is 5.82 Å². The number of nitrogens with zero attached hydrogens (tertiary/aromatic N) is 1. The molecular formula is C27H26FN3O4. The third kappa shape index (κ3) is 5.78. The Balaban J connectivity index is 1.62. The van der Waals surface area contributed by atoms with Crippen LogP contribution < -0.4 is 20.3 Å². The third-order valence-corrected chi connectivity index (χ3v) is 5.68. The number of benzene rings is 3. The lowest BCUT2D eigenvalue weighted by molar-refractivity contribution is 0.209. The second-order valence-corrected chi connectivity index (χ2v) is 8.01. The maximum Gasteiger partial charge on any atom is 0.322 e. The molecule has 2 amide bonds. The molecule has 0 bridgehead atoms. The van der Waals surface area contributed by atoms with Crippen LogP contribution >= 0.6 is 0 Å². The van der Waals surface area contributed by atoms with E-state index in [0.717, 1.165) is 10.9 Å². The lowest BCUT2D eigenvalue weighted by Gasteiger charge is -2.23. The highest BCUT2D eigenvalue weighted by Crippen LogP contribution is 2.31. The molecule has 0 atom stereocenters. The Labute approximate surface area is 202 Å². The molecule has 2 N–H and O–H groups in total. The number of anilines is 1. The molecule has 0 saturated carbocycles. The number of pyridine rings is 1. The number of aromatic amines is 1. The minimum absolute atomic E-state index is 0.0828. The first kappa shape index (κ1) is 23.8. The standard InChI is InChI=1S/C27H26FN3O4/c1-34-24-15-19-14-20(26(32)30-23(19)16-25(24)35-2)17-31(13-12-18-6-4-3-5-7-18)27(33)29-22-10-8-21(28)9-11-22/h3-11,14-16H,12-13,17H2,1-2H3,(H,29,33)(H,30,32). The van der Waals surface area contributed by atoms with Crippen LogP contribution in [0.4, 0.5) is 14.9 Å². The highest BCUT2D eigenvalue weighted by molar-refractivity contribution is 5.89. The minimum atomic E-state index is -0.390. The summed E-state index contributed by atoms with van der Waals surface area (Å²) in [5, 5.41) is 3.54. The lowest BCUT2D eigenvalue weighted by Crippen LogP contribution is -2.37. The molecule has 0 unspecified atom stereocenters. The molecule has 7 nitrogen and oxygen atoms in total. The second kappa shape index (κ2) is 10.7. The highest BCUT2D eigenvalue weighted by atomic mass is 19.1. The van der Waals surface area contributed by atoms with Gasteiger partial charge in [-0.1, -0.05) is 30.3 Å². The predicted molar refractivity (Wildman–Crippen MR) is 134 cm³/mol. The topological polar surface area (TPSA) is 83.7 Å². The van der Waals surface area contributed by atoms with Gasteiger partial charge < -0.3 is 24.7 Å². The number of amides is 2. The van der Waals surface area contributed by atoms with Crippen molar-refractivity contribution in [1.82, 2.24) is 9.88 Å². The fraction of sp³-hybridized carbons (Fsp3) is 0.185. The number of ether oxygens (including phenoxy) is 2. The van der Waals surface area contributed by atoms with Crippen LogP contribution in [0.1, 0.15) is 11.1 Å². The van der Waals surface area contributed by atoms with E-state index in [-0.39, 0.29) is 18.1 Å². The number of hydrogen-bond acceptors (Lipinski definition) is 4. The monoisotopic (exact) mass is 475 g/mol. The lowest BCUT2D eigenvalue weighted by atomic mass is 10.1. The molecule has 3 aromatic carbocycles. The number of carbonyl (C=O) groups excluding carboxylic acids is 1. The fourth-order valence-electron chi connectivity index (χ4n) is 3.80. The van der Waals surface area contributed by atoms with Gasteiger partial charge in [-0.15, -0.1) is 0 Å². The van der Waals surface area contributed by atoms with Crippen molar-refractivity contribution < 1.29 is 18.7 Å². The van der Waals surface area contributed by atoms with E-state index < -0.39 is 5.82 Å². The second-order valence-electron chi connectivity index (χ2n) is 8.01. The molecule has 0 saturated heterocycles. The van der Waals surface area contributed by atoms with Crippen LogP contribution in [0.3, 0.4) is 0 Å². The zero-order valence-corrected chi connectivity index (χ0v) is 19.5. The van der Waals surface area contributed by atoms with E-state index >= 15 is 0 Å². The van der Waals surface area contributed by atoms with Gasteiger partial charge in [0.05, 0.1) is 26.3 Å². The summed E-state index contributed by atoms with van der Waals surface area (Å²) in [6.45, 7) is 0.458. The number of H-pyrrole nitrogens is 1. The summed E-state index contributed by atoms with van der Waals surface area (Å²) in [4.78, 5) is 30.5. The summed E-state index contributed by atoms with van der Waals surface area (Å²) in [5.74, 6) is 0.651. The van der Waals surface area contributed by atoms with E-state index in [1.54, 1.807) is 30.2 Å². The highest BCUT2D eigenvalue weighted by Gasteiger charge is 2.17. The molecule has 0 aliphatic carbocycles. The molecule has 0 aliphatic rings. The van der Waals surface area contributed by atoms with Crippen molar-refractivity contribution in [3.8, 4) is 11.5 Å². The van der Waals surface area contributed by atoms with E-state index in [2.05, 4.69) is 10.3 Å². The molecule has 0 radical (unpaired) electrons.